The molecule has 0 radical (unpaired) electrons. The molecule has 24 heavy (non-hydrogen) atoms. The zero-order valence-corrected chi connectivity index (χ0v) is 15.5. The van der Waals surface area contributed by atoms with Crippen molar-refractivity contribution in [3.8, 4) is 5.75 Å². The van der Waals surface area contributed by atoms with Crippen molar-refractivity contribution in [3.63, 3.8) is 0 Å². The van der Waals surface area contributed by atoms with Crippen molar-refractivity contribution in [2.75, 3.05) is 20.8 Å². The Balaban J connectivity index is 2.81. The molecule has 0 aliphatic carbocycles. The number of alkyl halides is 3. The van der Waals surface area contributed by atoms with Crippen LogP contribution < -0.4 is 4.74 Å². The van der Waals surface area contributed by atoms with Crippen LogP contribution in [-0.4, -0.2) is 36.4 Å². The van der Waals surface area contributed by atoms with Gasteiger partial charge in [-0.25, -0.2) is 13.6 Å². The van der Waals surface area contributed by atoms with Gasteiger partial charge >= 0.3 is 13.6 Å². The number of halogens is 5. The molecule has 0 bridgehead atoms. The molecule has 1 atom stereocenters. The minimum absolute atomic E-state index is 0.402. The van der Waals surface area contributed by atoms with Gasteiger partial charge in [0.1, 0.15) is 5.82 Å². The molecule has 12 heteroatoms. The Morgan fingerprint density at radius 2 is 1.83 bits per heavy atom. The average molecular weight is 428 g/mol. The van der Waals surface area contributed by atoms with E-state index in [1.54, 1.807) is 0 Å². The normalized spacial score (nSPS) is 13.5. The summed E-state index contributed by atoms with van der Waals surface area (Å²) in [6.45, 7) is -0.826. The topological polar surface area (TPSA) is 71.1 Å². The van der Waals surface area contributed by atoms with E-state index >= 15 is 0 Å². The van der Waals surface area contributed by atoms with Crippen molar-refractivity contribution in [1.29, 1.82) is 0 Å². The Morgan fingerprint density at radius 1 is 1.25 bits per heavy atom. The van der Waals surface area contributed by atoms with Crippen molar-refractivity contribution in [3.05, 3.63) is 29.8 Å². The van der Waals surface area contributed by atoms with Crippen LogP contribution in [0.15, 0.2) is 18.2 Å². The lowest BCUT2D eigenvalue weighted by molar-refractivity contribution is -0.148. The highest BCUT2D eigenvalue weighted by Gasteiger charge is 2.51. The Morgan fingerprint density at radius 3 is 2.29 bits per heavy atom. The van der Waals surface area contributed by atoms with Crippen LogP contribution >= 0.6 is 42.4 Å². The molecule has 0 N–H and O–H groups in total. The van der Waals surface area contributed by atoms with Gasteiger partial charge in [0.25, 0.3) is 0 Å². The number of carbonyl (C=O) groups excluding carboxylic acids is 1. The highest BCUT2D eigenvalue weighted by Crippen LogP contribution is 2.59. The van der Waals surface area contributed by atoms with E-state index in [-0.39, 0.29) is 0 Å². The molecule has 1 unspecified atom stereocenters. The summed E-state index contributed by atoms with van der Waals surface area (Å²) in [5, 5.41) is 0. The smallest absolute Gasteiger partial charge is 0.374 e. The zero-order chi connectivity index (χ0) is 18.5. The molecule has 0 saturated heterocycles. The van der Waals surface area contributed by atoms with Crippen LogP contribution in [0, 0.1) is 11.6 Å². The lowest BCUT2D eigenvalue weighted by atomic mass is 10.3. The van der Waals surface area contributed by atoms with Crippen LogP contribution in [0.3, 0.4) is 0 Å². The first kappa shape index (κ1) is 21.4. The zero-order valence-electron chi connectivity index (χ0n) is 12.3. The first-order valence-corrected chi connectivity index (χ1v) is 8.83. The van der Waals surface area contributed by atoms with Crippen molar-refractivity contribution in [1.82, 2.24) is 0 Å². The van der Waals surface area contributed by atoms with E-state index in [2.05, 4.69) is 9.05 Å². The van der Waals surface area contributed by atoms with E-state index < -0.39 is 47.2 Å². The summed E-state index contributed by atoms with van der Waals surface area (Å²) in [6, 6.07) is 2.46. The van der Waals surface area contributed by atoms with Gasteiger partial charge in [0.15, 0.2) is 18.2 Å². The number of hydrogen-bond acceptors (Lipinski definition) is 6. The second kappa shape index (κ2) is 8.65. The van der Waals surface area contributed by atoms with Gasteiger partial charge in [-0.05, 0) is 12.1 Å². The summed E-state index contributed by atoms with van der Waals surface area (Å²) in [5.41, 5.74) is 0. The number of esters is 1. The van der Waals surface area contributed by atoms with Crippen LogP contribution in [-0.2, 0) is 23.1 Å². The predicted octanol–water partition coefficient (Wildman–Crippen LogP) is 4.07. The Hall–Kier alpha value is -0.630. The third-order valence-electron chi connectivity index (χ3n) is 2.56. The van der Waals surface area contributed by atoms with E-state index in [0.717, 1.165) is 26.4 Å². The van der Waals surface area contributed by atoms with Crippen LogP contribution in [0.5, 0.6) is 5.75 Å². The highest BCUT2D eigenvalue weighted by molar-refractivity contribution is 7.55. The second-order valence-electron chi connectivity index (χ2n) is 4.15. The lowest BCUT2D eigenvalue weighted by Crippen LogP contribution is -2.34. The largest absolute Gasteiger partial charge is 0.479 e. The van der Waals surface area contributed by atoms with Gasteiger partial charge in [-0.1, -0.05) is 34.8 Å². The predicted molar refractivity (Wildman–Crippen MR) is 83.6 cm³/mol. The maximum Gasteiger partial charge on any atom is 0.374 e. The van der Waals surface area contributed by atoms with E-state index in [9.17, 15) is 18.1 Å². The Kier molecular flexibility index (Phi) is 7.72. The van der Waals surface area contributed by atoms with Gasteiger partial charge in [0, 0.05) is 20.3 Å². The van der Waals surface area contributed by atoms with Crippen LogP contribution in [0.1, 0.15) is 0 Å². The number of benzene rings is 1. The fourth-order valence-corrected chi connectivity index (χ4v) is 3.81. The van der Waals surface area contributed by atoms with Gasteiger partial charge in [-0.3, -0.25) is 4.57 Å². The van der Waals surface area contributed by atoms with Gasteiger partial charge in [-0.2, -0.15) is 0 Å². The average Bonchev–Trinajstić information content (AvgIpc) is 2.50. The van der Waals surface area contributed by atoms with Crippen molar-refractivity contribution in [2.24, 2.45) is 0 Å². The van der Waals surface area contributed by atoms with Gasteiger partial charge in [0.05, 0.1) is 0 Å². The molecule has 0 amide bonds. The van der Waals surface area contributed by atoms with Gasteiger partial charge in [-0.15, -0.1) is 0 Å². The SMILES string of the molecule is COP(=O)(OC)C(OC(=O)COc1ccc(F)cc1F)C(Cl)(Cl)Cl. The molecule has 1 aromatic rings. The molecule has 0 heterocycles. The molecule has 0 spiro atoms. The molecule has 0 aromatic heterocycles. The lowest BCUT2D eigenvalue weighted by Gasteiger charge is -2.28. The summed E-state index contributed by atoms with van der Waals surface area (Å²) < 4.78 is 55.0. The summed E-state index contributed by atoms with van der Waals surface area (Å²) in [6.07, 6.45) is 0. The summed E-state index contributed by atoms with van der Waals surface area (Å²) >= 11 is 16.9. The van der Waals surface area contributed by atoms with Crippen molar-refractivity contribution >= 4 is 48.4 Å². The molecule has 6 nitrogen and oxygen atoms in total. The summed E-state index contributed by atoms with van der Waals surface area (Å²) in [7, 11) is -2.08. The molecular weight excluding hydrogens is 415 g/mol. The minimum Gasteiger partial charge on any atom is -0.479 e. The Labute approximate surface area is 151 Å². The summed E-state index contributed by atoms with van der Waals surface area (Å²) in [4.78, 5) is 11.8. The van der Waals surface area contributed by atoms with Gasteiger partial charge < -0.3 is 18.5 Å². The third kappa shape index (κ3) is 5.72. The van der Waals surface area contributed by atoms with E-state index in [1.807, 2.05) is 0 Å². The molecule has 136 valence electrons. The third-order valence-corrected chi connectivity index (χ3v) is 5.69. The van der Waals surface area contributed by atoms with Crippen molar-refractivity contribution < 1.29 is 36.7 Å². The maximum atomic E-state index is 13.4. The monoisotopic (exact) mass is 426 g/mol. The van der Waals surface area contributed by atoms with E-state index in [4.69, 9.17) is 44.3 Å². The van der Waals surface area contributed by atoms with Crippen LogP contribution in [0.2, 0.25) is 0 Å². The van der Waals surface area contributed by atoms with E-state index in [0.29, 0.717) is 6.07 Å². The number of carbonyl (C=O) groups is 1. The molecule has 1 aromatic carbocycles. The number of hydrogen-bond donors (Lipinski definition) is 0. The highest BCUT2D eigenvalue weighted by atomic mass is 35.6. The minimum atomic E-state index is -4.10. The van der Waals surface area contributed by atoms with E-state index in [1.165, 1.54) is 0 Å². The molecular formula is C12H12Cl3F2O6P. The fraction of sp³-hybridized carbons (Fsp3) is 0.417. The number of ether oxygens (including phenoxy) is 2. The second-order valence-corrected chi connectivity index (χ2v) is 8.80. The first-order valence-electron chi connectivity index (χ1n) is 6.08. The standard InChI is InChI=1S/C12H12Cl3F2O6P/c1-20-24(19,21-2)11(12(13,14)15)23-10(18)6-22-9-4-3-7(16)5-8(9)17/h3-5,11H,6H2,1-2H3. The quantitative estimate of drug-likeness (QED) is 0.371. The van der Waals surface area contributed by atoms with Crippen molar-refractivity contribution in [2.45, 2.75) is 9.64 Å². The van der Waals surface area contributed by atoms with Crippen LogP contribution in [0.25, 0.3) is 0 Å². The molecule has 0 fully saturated rings. The maximum absolute atomic E-state index is 13.4. The Bertz CT molecular complexity index is 632. The molecule has 0 saturated carbocycles. The summed E-state index contributed by atoms with van der Waals surface area (Å²) in [5.74, 6) is -5.29. The van der Waals surface area contributed by atoms with Gasteiger partial charge in [0.2, 0.25) is 9.64 Å². The molecule has 1 rings (SSSR count). The molecule has 0 aliphatic heterocycles. The van der Waals surface area contributed by atoms with Crippen LogP contribution in [0.4, 0.5) is 8.78 Å². The first-order chi connectivity index (χ1) is 11.0. The fourth-order valence-electron chi connectivity index (χ4n) is 1.46. The molecule has 0 aliphatic rings. The number of rotatable bonds is 7.